The molecule has 0 saturated heterocycles. The predicted octanol–water partition coefficient (Wildman–Crippen LogP) is 13.3. The van der Waals surface area contributed by atoms with Crippen LogP contribution in [0.1, 0.15) is 18.9 Å². The van der Waals surface area contributed by atoms with Crippen LogP contribution >= 0.6 is 0 Å². The zero-order valence-corrected chi connectivity index (χ0v) is 30.0. The molecule has 0 radical (unpaired) electrons. The Morgan fingerprint density at radius 2 is 1.15 bits per heavy atom. The number of para-hydroxylation sites is 3. The molecule has 2 aromatic heterocycles. The second-order valence-electron chi connectivity index (χ2n) is 14.6. The number of hydrogen-bond acceptors (Lipinski definition) is 1. The number of rotatable bonds is 4. The molecule has 0 N–H and O–H groups in total. The summed E-state index contributed by atoms with van der Waals surface area (Å²) < 4.78 is 11.1. The van der Waals surface area contributed by atoms with Crippen LogP contribution in [0, 0.1) is 0 Å². The Hall–Kier alpha value is -6.84. The molecule has 7 aromatic carbocycles. The molecule has 1 aliphatic heterocycles. The Kier molecular flexibility index (Phi) is 6.74. The molecule has 2 aliphatic rings. The minimum atomic E-state index is 0.0290. The van der Waals surface area contributed by atoms with E-state index in [1.807, 2.05) is 0 Å². The Balaban J connectivity index is 1.06. The van der Waals surface area contributed by atoms with Crippen LogP contribution in [0.5, 0.6) is 0 Å². The number of nitrogens with zero attached hydrogens (tertiary/aromatic N) is 2. The first-order chi connectivity index (χ1) is 26.6. The third-order valence-corrected chi connectivity index (χ3v) is 11.4. The lowest BCUT2D eigenvalue weighted by Crippen LogP contribution is -2.03. The molecule has 3 heteroatoms. The van der Waals surface area contributed by atoms with Gasteiger partial charge in [-0.2, -0.15) is 0 Å². The van der Waals surface area contributed by atoms with E-state index in [0.717, 1.165) is 23.3 Å². The SMILES string of the molecule is C=C1C=CC(C)OC2=C1C=C(c1cccc3c(-n4c5ccccc5c5cc(-c6ccc7c(c6)c6ccccc6n7-c6ccccc6)ccc54)cccc13)C2. The van der Waals surface area contributed by atoms with E-state index in [4.69, 9.17) is 4.74 Å². The Morgan fingerprint density at radius 3 is 1.89 bits per heavy atom. The molecule has 11 rings (SSSR count). The Labute approximate surface area is 313 Å². The van der Waals surface area contributed by atoms with Crippen molar-refractivity contribution < 1.29 is 4.74 Å². The normalized spacial score (nSPS) is 15.8. The number of allylic oxidation sites excluding steroid dienone is 5. The van der Waals surface area contributed by atoms with Crippen LogP contribution < -0.4 is 0 Å². The van der Waals surface area contributed by atoms with E-state index in [0.29, 0.717) is 0 Å². The van der Waals surface area contributed by atoms with Crippen molar-refractivity contribution in [2.75, 3.05) is 0 Å². The van der Waals surface area contributed by atoms with Crippen molar-refractivity contribution in [1.29, 1.82) is 0 Å². The van der Waals surface area contributed by atoms with E-state index in [1.54, 1.807) is 0 Å². The lowest BCUT2D eigenvalue weighted by atomic mass is 9.96. The number of hydrogen-bond donors (Lipinski definition) is 0. The molecule has 0 amide bonds. The standard InChI is InChI=1S/C51H36N2O/c1-32-22-23-33(2)54-51-31-36(30-43(32)51)38-16-10-18-40-39(38)17-11-21-48(40)53-47-20-9-7-15-42(47)45-29-35(25-27-50(45)53)34-24-26-49-44(28-34)41-14-6-8-19-46(41)52(49)37-12-4-3-5-13-37/h3-30,33H,1,31H2,2H3. The van der Waals surface area contributed by atoms with Crippen molar-refractivity contribution >= 4 is 60.0 Å². The first kappa shape index (κ1) is 30.8. The number of benzene rings is 7. The molecule has 1 aliphatic carbocycles. The van der Waals surface area contributed by atoms with Crippen LogP contribution in [0.15, 0.2) is 193 Å². The van der Waals surface area contributed by atoms with Crippen molar-refractivity contribution in [1.82, 2.24) is 9.13 Å². The van der Waals surface area contributed by atoms with Crippen molar-refractivity contribution in [3.63, 3.8) is 0 Å². The smallest absolute Gasteiger partial charge is 0.114 e. The van der Waals surface area contributed by atoms with Gasteiger partial charge in [0.2, 0.25) is 0 Å². The van der Waals surface area contributed by atoms with Gasteiger partial charge in [-0.25, -0.2) is 0 Å². The number of aromatic nitrogens is 2. The van der Waals surface area contributed by atoms with Gasteiger partial charge in [0.05, 0.1) is 27.8 Å². The highest BCUT2D eigenvalue weighted by Gasteiger charge is 2.25. The molecule has 256 valence electrons. The third-order valence-electron chi connectivity index (χ3n) is 11.4. The summed E-state index contributed by atoms with van der Waals surface area (Å²) in [4.78, 5) is 0. The molecule has 1 unspecified atom stereocenters. The molecule has 0 spiro atoms. The molecule has 1 atom stereocenters. The lowest BCUT2D eigenvalue weighted by Gasteiger charge is -2.16. The summed E-state index contributed by atoms with van der Waals surface area (Å²) in [7, 11) is 0. The maximum Gasteiger partial charge on any atom is 0.114 e. The maximum atomic E-state index is 6.32. The van der Waals surface area contributed by atoms with Crippen molar-refractivity contribution in [3.8, 4) is 22.5 Å². The largest absolute Gasteiger partial charge is 0.490 e. The van der Waals surface area contributed by atoms with E-state index in [9.17, 15) is 0 Å². The second kappa shape index (κ2) is 11.8. The summed E-state index contributed by atoms with van der Waals surface area (Å²) in [5.41, 5.74) is 14.2. The lowest BCUT2D eigenvalue weighted by molar-refractivity contribution is 0.168. The van der Waals surface area contributed by atoms with E-state index in [2.05, 4.69) is 193 Å². The van der Waals surface area contributed by atoms with Gasteiger partial charge in [-0.15, -0.1) is 0 Å². The van der Waals surface area contributed by atoms with Gasteiger partial charge in [-0.05, 0) is 107 Å². The summed E-state index contributed by atoms with van der Waals surface area (Å²) in [5.74, 6) is 1.01. The molecule has 3 heterocycles. The molecular weight excluding hydrogens is 657 g/mol. The predicted molar refractivity (Wildman–Crippen MR) is 227 cm³/mol. The average Bonchev–Trinajstić information content (AvgIpc) is 3.87. The fourth-order valence-corrected chi connectivity index (χ4v) is 8.92. The van der Waals surface area contributed by atoms with Gasteiger partial charge in [-0.1, -0.05) is 110 Å². The minimum absolute atomic E-state index is 0.0290. The van der Waals surface area contributed by atoms with Crippen LogP contribution in [0.2, 0.25) is 0 Å². The fourth-order valence-electron chi connectivity index (χ4n) is 8.92. The van der Waals surface area contributed by atoms with Gasteiger partial charge < -0.3 is 13.9 Å². The molecule has 3 nitrogen and oxygen atoms in total. The third kappa shape index (κ3) is 4.61. The van der Waals surface area contributed by atoms with Crippen molar-refractivity contribution in [2.45, 2.75) is 19.4 Å². The highest BCUT2D eigenvalue weighted by molar-refractivity contribution is 6.13. The molecule has 0 fully saturated rings. The van der Waals surface area contributed by atoms with Gasteiger partial charge in [0.25, 0.3) is 0 Å². The molecule has 0 saturated carbocycles. The van der Waals surface area contributed by atoms with Crippen molar-refractivity contribution in [3.05, 3.63) is 199 Å². The minimum Gasteiger partial charge on any atom is -0.490 e. The van der Waals surface area contributed by atoms with Gasteiger partial charge in [0.1, 0.15) is 11.9 Å². The maximum absolute atomic E-state index is 6.32. The van der Waals surface area contributed by atoms with E-state index in [1.165, 1.54) is 88.0 Å². The van der Waals surface area contributed by atoms with E-state index >= 15 is 0 Å². The van der Waals surface area contributed by atoms with Crippen LogP contribution in [0.25, 0.3) is 82.5 Å². The molecular formula is C51H36N2O. The Morgan fingerprint density at radius 1 is 0.556 bits per heavy atom. The first-order valence-corrected chi connectivity index (χ1v) is 18.7. The number of fused-ring (bicyclic) bond motifs is 7. The van der Waals surface area contributed by atoms with Crippen LogP contribution in [-0.4, -0.2) is 15.2 Å². The zero-order chi connectivity index (χ0) is 35.9. The topological polar surface area (TPSA) is 19.1 Å². The van der Waals surface area contributed by atoms with Crippen LogP contribution in [0.4, 0.5) is 0 Å². The van der Waals surface area contributed by atoms with Gasteiger partial charge in [-0.3, -0.25) is 0 Å². The Bertz CT molecular complexity index is 3130. The summed E-state index contributed by atoms with van der Waals surface area (Å²) >= 11 is 0. The zero-order valence-electron chi connectivity index (χ0n) is 30.0. The summed E-state index contributed by atoms with van der Waals surface area (Å²) in [6.07, 6.45) is 7.24. The van der Waals surface area contributed by atoms with Gasteiger partial charge in [0.15, 0.2) is 0 Å². The molecule has 0 bridgehead atoms. The highest BCUT2D eigenvalue weighted by Crippen LogP contribution is 2.43. The second-order valence-corrected chi connectivity index (χ2v) is 14.6. The summed E-state index contributed by atoms with van der Waals surface area (Å²) in [6.45, 7) is 6.42. The highest BCUT2D eigenvalue weighted by atomic mass is 16.5. The summed E-state index contributed by atoms with van der Waals surface area (Å²) in [6, 6.07) is 55.5. The van der Waals surface area contributed by atoms with Crippen LogP contribution in [0.3, 0.4) is 0 Å². The first-order valence-electron chi connectivity index (χ1n) is 18.7. The van der Waals surface area contributed by atoms with E-state index < -0.39 is 0 Å². The number of ether oxygens (including phenoxy) is 1. The van der Waals surface area contributed by atoms with Gasteiger partial charge >= 0.3 is 0 Å². The monoisotopic (exact) mass is 692 g/mol. The molecule has 54 heavy (non-hydrogen) atoms. The quantitative estimate of drug-likeness (QED) is 0.180. The fraction of sp³-hybridized carbons (Fsp3) is 0.0588. The van der Waals surface area contributed by atoms with Crippen LogP contribution in [-0.2, 0) is 4.74 Å². The summed E-state index contributed by atoms with van der Waals surface area (Å²) in [5, 5.41) is 7.46. The van der Waals surface area contributed by atoms with Crippen molar-refractivity contribution in [2.24, 2.45) is 0 Å². The average molecular weight is 693 g/mol. The molecule has 9 aromatic rings. The van der Waals surface area contributed by atoms with E-state index in [-0.39, 0.29) is 6.10 Å². The van der Waals surface area contributed by atoms with Gasteiger partial charge in [0, 0.05) is 44.6 Å².